The summed E-state index contributed by atoms with van der Waals surface area (Å²) in [6, 6.07) is 5.96. The van der Waals surface area contributed by atoms with Crippen molar-refractivity contribution < 1.29 is 14.4 Å². The van der Waals surface area contributed by atoms with Crippen molar-refractivity contribution in [3.63, 3.8) is 0 Å². The lowest BCUT2D eigenvalue weighted by molar-refractivity contribution is -0.136. The van der Waals surface area contributed by atoms with E-state index in [4.69, 9.17) is 17.3 Å². The van der Waals surface area contributed by atoms with Gasteiger partial charge >= 0.3 is 0 Å². The highest BCUT2D eigenvalue weighted by atomic mass is 35.5. The number of piperidine rings is 1. The summed E-state index contributed by atoms with van der Waals surface area (Å²) in [5.74, 6) is -0.133. The quantitative estimate of drug-likeness (QED) is 0.735. The second-order valence-electron chi connectivity index (χ2n) is 6.32. The Balaban J connectivity index is 2.01. The lowest BCUT2D eigenvalue weighted by Gasteiger charge is -2.33. The highest BCUT2D eigenvalue weighted by Gasteiger charge is 2.30. The average molecular weight is 398 g/mol. The van der Waals surface area contributed by atoms with Crippen LogP contribution in [0.3, 0.4) is 0 Å². The Bertz CT molecular complexity index is 646. The minimum absolute atomic E-state index is 0.107. The molecule has 1 aliphatic rings. The van der Waals surface area contributed by atoms with Crippen LogP contribution in [0.15, 0.2) is 24.3 Å². The van der Waals surface area contributed by atoms with Gasteiger partial charge in [-0.25, -0.2) is 0 Å². The van der Waals surface area contributed by atoms with Crippen molar-refractivity contribution in [2.75, 3.05) is 25.1 Å². The van der Waals surface area contributed by atoms with Crippen molar-refractivity contribution in [3.8, 4) is 0 Å². The van der Waals surface area contributed by atoms with E-state index in [1.165, 1.54) is 0 Å². The molecule has 0 spiro atoms. The third kappa shape index (κ3) is 5.64. The van der Waals surface area contributed by atoms with Crippen molar-refractivity contribution in [2.24, 2.45) is 11.7 Å². The highest BCUT2D eigenvalue weighted by Crippen LogP contribution is 2.18. The van der Waals surface area contributed by atoms with Crippen LogP contribution >= 0.6 is 23.4 Å². The first-order chi connectivity index (χ1) is 12.4. The Morgan fingerprint density at radius 1 is 1.27 bits per heavy atom. The summed E-state index contributed by atoms with van der Waals surface area (Å²) in [5, 5.41) is 3.39. The lowest BCUT2D eigenvalue weighted by atomic mass is 9.95. The molecule has 0 saturated carbocycles. The fourth-order valence-corrected chi connectivity index (χ4v) is 3.54. The predicted molar refractivity (Wildman–Crippen MR) is 104 cm³/mol. The van der Waals surface area contributed by atoms with E-state index in [0.717, 1.165) is 5.75 Å². The number of primary amides is 1. The molecule has 1 saturated heterocycles. The van der Waals surface area contributed by atoms with E-state index in [0.29, 0.717) is 42.9 Å². The normalized spacial score (nSPS) is 16.2. The first-order valence-corrected chi connectivity index (χ1v) is 10.3. The molecule has 3 N–H and O–H groups in total. The number of hydrogen-bond donors (Lipinski definition) is 2. The maximum absolute atomic E-state index is 12.9. The fraction of sp³-hybridized carbons (Fsp3) is 0.500. The number of rotatable bonds is 7. The van der Waals surface area contributed by atoms with E-state index >= 15 is 0 Å². The summed E-state index contributed by atoms with van der Waals surface area (Å²) < 4.78 is 0. The molecule has 1 aliphatic heterocycles. The zero-order valence-corrected chi connectivity index (χ0v) is 16.3. The van der Waals surface area contributed by atoms with Crippen LogP contribution in [0.25, 0.3) is 0 Å². The highest BCUT2D eigenvalue weighted by molar-refractivity contribution is 7.98. The summed E-state index contributed by atoms with van der Waals surface area (Å²) in [6.45, 7) is 0.970. The van der Waals surface area contributed by atoms with E-state index in [-0.39, 0.29) is 23.6 Å². The number of carbonyl (C=O) groups is 3. The largest absolute Gasteiger partial charge is 0.369 e. The van der Waals surface area contributed by atoms with Crippen LogP contribution in [-0.4, -0.2) is 53.8 Å². The Kier molecular flexibility index (Phi) is 7.78. The number of hydrogen-bond acceptors (Lipinski definition) is 4. The molecule has 0 radical (unpaired) electrons. The molecule has 1 aromatic rings. The molecule has 6 nitrogen and oxygen atoms in total. The Labute approximate surface area is 162 Å². The van der Waals surface area contributed by atoms with E-state index < -0.39 is 6.04 Å². The summed E-state index contributed by atoms with van der Waals surface area (Å²) in [5.41, 5.74) is 5.81. The molecule has 3 amide bonds. The lowest BCUT2D eigenvalue weighted by Crippen LogP contribution is -2.51. The zero-order valence-electron chi connectivity index (χ0n) is 14.7. The molecule has 1 fully saturated rings. The van der Waals surface area contributed by atoms with E-state index in [2.05, 4.69) is 5.32 Å². The number of likely N-dealkylation sites (tertiary alicyclic amines) is 1. The number of carbonyl (C=O) groups excluding carboxylic acids is 3. The maximum atomic E-state index is 12.9. The molecule has 1 atom stereocenters. The molecular weight excluding hydrogens is 374 g/mol. The van der Waals surface area contributed by atoms with E-state index in [1.807, 2.05) is 6.26 Å². The van der Waals surface area contributed by atoms with Gasteiger partial charge < -0.3 is 16.0 Å². The summed E-state index contributed by atoms with van der Waals surface area (Å²) >= 11 is 7.47. The van der Waals surface area contributed by atoms with Crippen LogP contribution in [-0.2, 0) is 9.59 Å². The van der Waals surface area contributed by atoms with Crippen LogP contribution in [0.5, 0.6) is 0 Å². The second-order valence-corrected chi connectivity index (χ2v) is 7.74. The van der Waals surface area contributed by atoms with Gasteiger partial charge in [0.05, 0.1) is 0 Å². The van der Waals surface area contributed by atoms with Gasteiger partial charge in [0.1, 0.15) is 6.04 Å². The van der Waals surface area contributed by atoms with Gasteiger partial charge in [0.25, 0.3) is 5.91 Å². The van der Waals surface area contributed by atoms with Gasteiger partial charge in [-0.2, -0.15) is 11.8 Å². The van der Waals surface area contributed by atoms with Crippen LogP contribution in [0.1, 0.15) is 29.6 Å². The van der Waals surface area contributed by atoms with Gasteiger partial charge in [0, 0.05) is 29.6 Å². The van der Waals surface area contributed by atoms with Gasteiger partial charge in [-0.15, -0.1) is 0 Å². The molecule has 0 bridgehead atoms. The van der Waals surface area contributed by atoms with Crippen molar-refractivity contribution in [3.05, 3.63) is 34.9 Å². The molecule has 2 rings (SSSR count). The monoisotopic (exact) mass is 397 g/mol. The molecule has 1 unspecified atom stereocenters. The SMILES string of the molecule is CSCCC(NC(=O)c1ccc(Cl)cc1)C(=O)N1CCC(C(N)=O)CC1. The molecule has 1 heterocycles. The number of nitrogens with zero attached hydrogens (tertiary/aromatic N) is 1. The number of thioether (sulfide) groups is 1. The maximum Gasteiger partial charge on any atom is 0.251 e. The number of nitrogens with one attached hydrogen (secondary N) is 1. The van der Waals surface area contributed by atoms with Crippen molar-refractivity contribution in [2.45, 2.75) is 25.3 Å². The summed E-state index contributed by atoms with van der Waals surface area (Å²) in [6.07, 6.45) is 3.65. The Morgan fingerprint density at radius 2 is 1.88 bits per heavy atom. The Morgan fingerprint density at radius 3 is 2.42 bits per heavy atom. The van der Waals surface area contributed by atoms with Gasteiger partial charge in [-0.05, 0) is 55.5 Å². The zero-order chi connectivity index (χ0) is 19.1. The molecule has 1 aromatic carbocycles. The molecule has 8 heteroatoms. The molecular formula is C18H24ClN3O3S. The van der Waals surface area contributed by atoms with Crippen LogP contribution in [0.4, 0.5) is 0 Å². The van der Waals surface area contributed by atoms with E-state index in [1.54, 1.807) is 40.9 Å². The van der Waals surface area contributed by atoms with Crippen molar-refractivity contribution in [1.29, 1.82) is 0 Å². The number of benzene rings is 1. The molecule has 0 aliphatic carbocycles. The molecule has 26 heavy (non-hydrogen) atoms. The average Bonchev–Trinajstić information content (AvgIpc) is 2.65. The molecule has 0 aromatic heterocycles. The second kappa shape index (κ2) is 9.83. The summed E-state index contributed by atoms with van der Waals surface area (Å²) in [7, 11) is 0. The number of halogens is 1. The first kappa shape index (κ1) is 20.6. The number of amides is 3. The third-order valence-electron chi connectivity index (χ3n) is 4.53. The van der Waals surface area contributed by atoms with Gasteiger partial charge in [-0.1, -0.05) is 11.6 Å². The Hall–Kier alpha value is -1.73. The number of nitrogens with two attached hydrogens (primary N) is 1. The van der Waals surface area contributed by atoms with E-state index in [9.17, 15) is 14.4 Å². The predicted octanol–water partition coefficient (Wildman–Crippen LogP) is 1.92. The summed E-state index contributed by atoms with van der Waals surface area (Å²) in [4.78, 5) is 38.3. The minimum Gasteiger partial charge on any atom is -0.369 e. The topological polar surface area (TPSA) is 92.5 Å². The van der Waals surface area contributed by atoms with Gasteiger partial charge in [0.2, 0.25) is 11.8 Å². The van der Waals surface area contributed by atoms with Crippen LogP contribution in [0.2, 0.25) is 5.02 Å². The van der Waals surface area contributed by atoms with Crippen molar-refractivity contribution >= 4 is 41.1 Å². The molecule has 142 valence electrons. The standard InChI is InChI=1S/C18H24ClN3O3S/c1-26-11-8-15(21-17(24)13-2-4-14(19)5-3-13)18(25)22-9-6-12(7-10-22)16(20)23/h2-5,12,15H,6-11H2,1H3,(H2,20,23)(H,21,24). The van der Waals surface area contributed by atoms with Gasteiger partial charge in [-0.3, -0.25) is 14.4 Å². The van der Waals surface area contributed by atoms with Crippen LogP contribution < -0.4 is 11.1 Å². The smallest absolute Gasteiger partial charge is 0.251 e. The third-order valence-corrected chi connectivity index (χ3v) is 5.43. The van der Waals surface area contributed by atoms with Crippen molar-refractivity contribution in [1.82, 2.24) is 10.2 Å². The minimum atomic E-state index is -0.587. The fourth-order valence-electron chi connectivity index (χ4n) is 2.94. The first-order valence-electron chi connectivity index (χ1n) is 8.56. The van der Waals surface area contributed by atoms with Crippen LogP contribution in [0, 0.1) is 5.92 Å². The van der Waals surface area contributed by atoms with Gasteiger partial charge in [0.15, 0.2) is 0 Å².